The molecular weight excluding hydrogens is 330 g/mol. The Morgan fingerprint density at radius 1 is 1.23 bits per heavy atom. The molecule has 1 amide bonds. The van der Waals surface area contributed by atoms with Gasteiger partial charge in [-0.15, -0.1) is 0 Å². The number of aromatic hydroxyl groups is 1. The van der Waals surface area contributed by atoms with E-state index in [1.54, 1.807) is 19.1 Å². The Bertz CT molecular complexity index is 1010. The van der Waals surface area contributed by atoms with E-state index in [1.807, 2.05) is 31.2 Å². The molecule has 26 heavy (non-hydrogen) atoms. The van der Waals surface area contributed by atoms with Gasteiger partial charge in [0.1, 0.15) is 0 Å². The van der Waals surface area contributed by atoms with E-state index in [9.17, 15) is 9.90 Å². The number of aryl methyl sites for hydroxylation is 2. The number of rotatable bonds is 4. The Hall–Kier alpha value is -3.41. The average Bonchev–Trinajstić information content (AvgIpc) is 2.62. The molecule has 0 spiro atoms. The normalized spacial score (nSPS) is 11.0. The van der Waals surface area contributed by atoms with Crippen LogP contribution in [0.4, 0.5) is 0 Å². The fourth-order valence-electron chi connectivity index (χ4n) is 2.68. The Labute approximate surface area is 151 Å². The number of pyridine rings is 1. The van der Waals surface area contributed by atoms with Gasteiger partial charge in [0.2, 0.25) is 0 Å². The summed E-state index contributed by atoms with van der Waals surface area (Å²) in [5.41, 5.74) is 6.19. The molecule has 132 valence electrons. The van der Waals surface area contributed by atoms with Gasteiger partial charge in [-0.1, -0.05) is 18.2 Å². The maximum absolute atomic E-state index is 12.4. The highest BCUT2D eigenvalue weighted by atomic mass is 16.5. The molecule has 0 aliphatic rings. The summed E-state index contributed by atoms with van der Waals surface area (Å²) in [5, 5.41) is 14.6. The van der Waals surface area contributed by atoms with Crippen molar-refractivity contribution in [3.05, 3.63) is 64.8 Å². The third kappa shape index (κ3) is 3.49. The van der Waals surface area contributed by atoms with Crippen LogP contribution in [0.1, 0.15) is 27.2 Å². The van der Waals surface area contributed by atoms with E-state index in [1.165, 1.54) is 19.4 Å². The van der Waals surface area contributed by atoms with Gasteiger partial charge in [0, 0.05) is 5.39 Å². The Morgan fingerprint density at radius 2 is 2.04 bits per heavy atom. The molecule has 0 fully saturated rings. The van der Waals surface area contributed by atoms with Crippen LogP contribution >= 0.6 is 0 Å². The van der Waals surface area contributed by atoms with Crippen LogP contribution in [0.25, 0.3) is 10.9 Å². The monoisotopic (exact) mass is 349 g/mol. The number of ether oxygens (including phenoxy) is 1. The summed E-state index contributed by atoms with van der Waals surface area (Å²) in [5.74, 6) is 0.0412. The highest BCUT2D eigenvalue weighted by Crippen LogP contribution is 2.25. The number of carbonyl (C=O) groups is 1. The molecule has 1 heterocycles. The van der Waals surface area contributed by atoms with Gasteiger partial charge in [-0.3, -0.25) is 9.78 Å². The number of phenolic OH excluding ortho intramolecular Hbond substituents is 1. The number of nitrogens with zero attached hydrogens (tertiary/aromatic N) is 2. The van der Waals surface area contributed by atoms with Crippen LogP contribution in [0.5, 0.6) is 11.5 Å². The molecule has 0 radical (unpaired) electrons. The summed E-state index contributed by atoms with van der Waals surface area (Å²) in [7, 11) is 1.48. The summed E-state index contributed by atoms with van der Waals surface area (Å²) < 4.78 is 4.99. The highest BCUT2D eigenvalue weighted by Gasteiger charge is 2.12. The molecule has 1 aromatic heterocycles. The number of fused-ring (bicyclic) bond motifs is 1. The van der Waals surface area contributed by atoms with Crippen molar-refractivity contribution in [3.63, 3.8) is 0 Å². The Morgan fingerprint density at radius 3 is 2.77 bits per heavy atom. The fraction of sp³-hybridized carbons (Fsp3) is 0.150. The number of benzene rings is 2. The van der Waals surface area contributed by atoms with E-state index in [2.05, 4.69) is 15.5 Å². The van der Waals surface area contributed by atoms with Gasteiger partial charge in [0.05, 0.1) is 30.1 Å². The zero-order valence-corrected chi connectivity index (χ0v) is 14.8. The number of carbonyl (C=O) groups excluding carboxylic acids is 1. The lowest BCUT2D eigenvalue weighted by Gasteiger charge is -2.08. The minimum absolute atomic E-state index is 0.00715. The van der Waals surface area contributed by atoms with E-state index < -0.39 is 0 Å². The predicted molar refractivity (Wildman–Crippen MR) is 101 cm³/mol. The molecular formula is C20H19N3O3. The minimum Gasteiger partial charge on any atom is -0.504 e. The zero-order chi connectivity index (χ0) is 18.7. The number of hydrogen-bond donors (Lipinski definition) is 2. The van der Waals surface area contributed by atoms with Crippen LogP contribution in [0.3, 0.4) is 0 Å². The summed E-state index contributed by atoms with van der Waals surface area (Å²) in [4.78, 5) is 17.0. The molecule has 3 rings (SSSR count). The maximum Gasteiger partial charge on any atom is 0.273 e. The van der Waals surface area contributed by atoms with Gasteiger partial charge in [-0.05, 0) is 49.2 Å². The van der Waals surface area contributed by atoms with Gasteiger partial charge >= 0.3 is 0 Å². The summed E-state index contributed by atoms with van der Waals surface area (Å²) >= 11 is 0. The standard InChI is InChI=1S/C20H19N3O3/c1-12-5-4-6-15-10-16(13(2)22-19(12)15)20(25)23-21-11-14-7-8-18(26-3)17(24)9-14/h4-11,24H,1-3H3,(H,23,25)/b21-11-. The third-order valence-electron chi connectivity index (χ3n) is 4.07. The van der Waals surface area contributed by atoms with E-state index in [-0.39, 0.29) is 11.7 Å². The van der Waals surface area contributed by atoms with Gasteiger partial charge < -0.3 is 9.84 Å². The second-order valence-electron chi connectivity index (χ2n) is 5.90. The van der Waals surface area contributed by atoms with E-state index >= 15 is 0 Å². The van der Waals surface area contributed by atoms with E-state index in [4.69, 9.17) is 4.74 Å². The van der Waals surface area contributed by atoms with Crippen molar-refractivity contribution in [2.45, 2.75) is 13.8 Å². The molecule has 0 aliphatic heterocycles. The molecule has 0 saturated heterocycles. The molecule has 0 bridgehead atoms. The lowest BCUT2D eigenvalue weighted by atomic mass is 10.1. The van der Waals surface area contributed by atoms with Crippen LogP contribution < -0.4 is 10.2 Å². The van der Waals surface area contributed by atoms with Gasteiger partial charge in [-0.2, -0.15) is 5.10 Å². The first-order valence-electron chi connectivity index (χ1n) is 8.07. The number of aromatic nitrogens is 1. The van der Waals surface area contributed by atoms with Gasteiger partial charge in [0.25, 0.3) is 5.91 Å². The molecule has 0 unspecified atom stereocenters. The molecule has 3 aromatic rings. The highest BCUT2D eigenvalue weighted by molar-refractivity contribution is 5.99. The number of nitrogens with one attached hydrogen (secondary N) is 1. The first-order valence-corrected chi connectivity index (χ1v) is 8.07. The lowest BCUT2D eigenvalue weighted by molar-refractivity contribution is 0.0954. The summed E-state index contributed by atoms with van der Waals surface area (Å²) in [6.45, 7) is 3.79. The number of phenols is 1. The largest absolute Gasteiger partial charge is 0.504 e. The van der Waals surface area contributed by atoms with Crippen LogP contribution in [0.15, 0.2) is 47.6 Å². The van der Waals surface area contributed by atoms with Crippen LogP contribution in [0.2, 0.25) is 0 Å². The maximum atomic E-state index is 12.4. The van der Waals surface area contributed by atoms with Crippen LogP contribution in [0, 0.1) is 13.8 Å². The summed E-state index contributed by atoms with van der Waals surface area (Å²) in [6.07, 6.45) is 1.45. The predicted octanol–water partition coefficient (Wildman–Crippen LogP) is 3.33. The van der Waals surface area contributed by atoms with Crippen molar-refractivity contribution in [3.8, 4) is 11.5 Å². The fourth-order valence-corrected chi connectivity index (χ4v) is 2.68. The van der Waals surface area contributed by atoms with Crippen molar-refractivity contribution in [1.29, 1.82) is 0 Å². The van der Waals surface area contributed by atoms with Crippen LogP contribution in [-0.2, 0) is 0 Å². The van der Waals surface area contributed by atoms with E-state index in [0.29, 0.717) is 22.6 Å². The van der Waals surface area contributed by atoms with Crippen molar-refractivity contribution >= 4 is 23.0 Å². The summed E-state index contributed by atoms with van der Waals surface area (Å²) in [6, 6.07) is 12.5. The van der Waals surface area contributed by atoms with Crippen molar-refractivity contribution in [1.82, 2.24) is 10.4 Å². The van der Waals surface area contributed by atoms with Crippen molar-refractivity contribution in [2.75, 3.05) is 7.11 Å². The molecule has 0 saturated carbocycles. The Kier molecular flexibility index (Phi) is 4.84. The van der Waals surface area contributed by atoms with Crippen molar-refractivity contribution in [2.24, 2.45) is 5.10 Å². The smallest absolute Gasteiger partial charge is 0.273 e. The molecule has 6 heteroatoms. The molecule has 0 aliphatic carbocycles. The van der Waals surface area contributed by atoms with E-state index in [0.717, 1.165) is 16.5 Å². The minimum atomic E-state index is -0.340. The lowest BCUT2D eigenvalue weighted by Crippen LogP contribution is -2.19. The first-order chi connectivity index (χ1) is 12.5. The van der Waals surface area contributed by atoms with Crippen LogP contribution in [-0.4, -0.2) is 29.3 Å². The number of para-hydroxylation sites is 1. The van der Waals surface area contributed by atoms with Gasteiger partial charge in [0.15, 0.2) is 11.5 Å². The molecule has 0 atom stereocenters. The quantitative estimate of drug-likeness (QED) is 0.559. The van der Waals surface area contributed by atoms with Gasteiger partial charge in [-0.25, -0.2) is 5.43 Å². The zero-order valence-electron chi connectivity index (χ0n) is 14.8. The number of methoxy groups -OCH3 is 1. The number of hydrogen-bond acceptors (Lipinski definition) is 5. The number of hydrazone groups is 1. The molecule has 2 N–H and O–H groups in total. The topological polar surface area (TPSA) is 83.8 Å². The van der Waals surface area contributed by atoms with Crippen molar-refractivity contribution < 1.29 is 14.6 Å². The first kappa shape index (κ1) is 17.4. The Balaban J connectivity index is 1.79. The second kappa shape index (κ2) is 7.23. The number of amides is 1. The SMILES string of the molecule is COc1ccc(/C=N\NC(=O)c2cc3cccc(C)c3nc2C)cc1O. The molecule has 2 aromatic carbocycles. The molecule has 6 nitrogen and oxygen atoms in total. The third-order valence-corrected chi connectivity index (χ3v) is 4.07. The second-order valence-corrected chi connectivity index (χ2v) is 5.90. The average molecular weight is 349 g/mol.